The van der Waals surface area contributed by atoms with Crippen molar-refractivity contribution in [3.63, 3.8) is 0 Å². The van der Waals surface area contributed by atoms with Crippen LogP contribution in [-0.4, -0.2) is 52.5 Å². The molecule has 0 aromatic heterocycles. The highest BCUT2D eigenvalue weighted by Gasteiger charge is 2.41. The van der Waals surface area contributed by atoms with E-state index in [0.29, 0.717) is 31.0 Å². The van der Waals surface area contributed by atoms with Gasteiger partial charge in [0, 0.05) is 18.2 Å². The fraction of sp³-hybridized carbons (Fsp3) is 0.609. The lowest BCUT2D eigenvalue weighted by Gasteiger charge is -2.27. The lowest BCUT2D eigenvalue weighted by Crippen LogP contribution is -2.82. The largest absolute Gasteiger partial charge is 0.489 e. The molecule has 162 valence electrons. The molecule has 1 saturated carbocycles. The zero-order chi connectivity index (χ0) is 21.1. The number of ether oxygens (including phenoxy) is 1. The van der Waals surface area contributed by atoms with Gasteiger partial charge in [0.15, 0.2) is 6.04 Å². The van der Waals surface area contributed by atoms with Crippen molar-refractivity contribution in [2.24, 2.45) is 0 Å². The van der Waals surface area contributed by atoms with Crippen LogP contribution in [0.5, 0.6) is 5.75 Å². The van der Waals surface area contributed by atoms with Gasteiger partial charge in [-0.05, 0) is 62.4 Å². The summed E-state index contributed by atoms with van der Waals surface area (Å²) < 4.78 is 6.42. The van der Waals surface area contributed by atoms with Crippen LogP contribution in [0.1, 0.15) is 74.2 Å². The van der Waals surface area contributed by atoms with Gasteiger partial charge in [0.2, 0.25) is 0 Å². The molecule has 3 aliphatic rings. The highest BCUT2D eigenvalue weighted by Crippen LogP contribution is 2.31. The fourth-order valence-electron chi connectivity index (χ4n) is 4.79. The summed E-state index contributed by atoms with van der Waals surface area (Å²) in [5.41, 5.74) is 1.56. The minimum absolute atomic E-state index is 0.110. The van der Waals surface area contributed by atoms with Crippen molar-refractivity contribution in [1.82, 2.24) is 10.2 Å². The maximum absolute atomic E-state index is 12.9. The van der Waals surface area contributed by atoms with E-state index in [4.69, 9.17) is 4.74 Å². The van der Waals surface area contributed by atoms with Gasteiger partial charge in [-0.3, -0.25) is 4.79 Å². The maximum Gasteiger partial charge on any atom is 0.388 e. The number of nitrogens with zero attached hydrogens (tertiary/aromatic N) is 1. The van der Waals surface area contributed by atoms with Gasteiger partial charge in [-0.1, -0.05) is 19.8 Å². The number of aliphatic hydroxyl groups is 1. The molecule has 2 aliphatic heterocycles. The van der Waals surface area contributed by atoms with Crippen LogP contribution in [0.25, 0.3) is 0 Å². The number of hydrogen-bond donors (Lipinski definition) is 3. The zero-order valence-corrected chi connectivity index (χ0v) is 17.7. The van der Waals surface area contributed by atoms with Crippen LogP contribution in [0, 0.1) is 0 Å². The van der Waals surface area contributed by atoms with E-state index in [1.54, 1.807) is 4.90 Å². The van der Waals surface area contributed by atoms with E-state index >= 15 is 0 Å². The summed E-state index contributed by atoms with van der Waals surface area (Å²) in [7, 11) is 0. The number of fused-ring (bicyclic) bond motifs is 1. The maximum atomic E-state index is 12.9. The van der Waals surface area contributed by atoms with Crippen LogP contribution < -0.4 is 15.0 Å². The summed E-state index contributed by atoms with van der Waals surface area (Å²) in [5, 5.41) is 13.8. The molecule has 1 aromatic rings. The lowest BCUT2D eigenvalue weighted by atomic mass is 10.1. The Hall–Kier alpha value is -2.41. The van der Waals surface area contributed by atoms with Crippen molar-refractivity contribution < 1.29 is 24.4 Å². The highest BCUT2D eigenvalue weighted by atomic mass is 16.5. The van der Waals surface area contributed by atoms with Crippen LogP contribution in [0.15, 0.2) is 18.2 Å². The van der Waals surface area contributed by atoms with E-state index in [-0.39, 0.29) is 23.8 Å². The number of aliphatic hydroxyl groups excluding tert-OH is 1. The third kappa shape index (κ3) is 4.36. The van der Waals surface area contributed by atoms with Crippen molar-refractivity contribution in [2.45, 2.75) is 83.0 Å². The molecule has 1 unspecified atom stereocenters. The SMILES string of the molecule is CCCN[C@@H]1CCCCC[C@@H]1Oc1ccc2c(c1)CN(C1CCC(=O)[NH+]=C1O)C2=O. The Balaban J connectivity index is 1.48. The number of rotatable bonds is 6. The Bertz CT molecular complexity index is 838. The summed E-state index contributed by atoms with van der Waals surface area (Å²) in [4.78, 5) is 28.4. The summed E-state index contributed by atoms with van der Waals surface area (Å²) in [6.45, 7) is 3.59. The molecule has 2 heterocycles. The number of amides is 2. The molecular weight excluding hydrogens is 382 g/mol. The number of nitrogens with one attached hydrogen (secondary N) is 2. The molecule has 0 bridgehead atoms. The molecule has 4 rings (SSSR count). The Labute approximate surface area is 177 Å². The molecule has 0 radical (unpaired) electrons. The number of carbonyl (C=O) groups excluding carboxylic acids is 2. The van der Waals surface area contributed by atoms with Crippen LogP contribution in [0.3, 0.4) is 0 Å². The summed E-state index contributed by atoms with van der Waals surface area (Å²) in [6.07, 6.45) is 7.79. The van der Waals surface area contributed by atoms with E-state index in [1.165, 1.54) is 19.3 Å². The van der Waals surface area contributed by atoms with Gasteiger partial charge in [-0.2, -0.15) is 0 Å². The van der Waals surface area contributed by atoms with Crippen LogP contribution >= 0.6 is 0 Å². The van der Waals surface area contributed by atoms with E-state index < -0.39 is 6.04 Å². The highest BCUT2D eigenvalue weighted by molar-refractivity contribution is 6.01. The minimum atomic E-state index is -0.476. The van der Waals surface area contributed by atoms with Crippen molar-refractivity contribution in [1.29, 1.82) is 0 Å². The molecule has 7 heteroatoms. The van der Waals surface area contributed by atoms with Crippen molar-refractivity contribution in [3.8, 4) is 5.75 Å². The molecule has 0 saturated heterocycles. The molecule has 3 N–H and O–H groups in total. The summed E-state index contributed by atoms with van der Waals surface area (Å²) in [6, 6.07) is 5.56. The Kier molecular flexibility index (Phi) is 6.37. The second-order valence-electron chi connectivity index (χ2n) is 8.59. The zero-order valence-electron chi connectivity index (χ0n) is 17.7. The molecule has 30 heavy (non-hydrogen) atoms. The fourth-order valence-corrected chi connectivity index (χ4v) is 4.79. The van der Waals surface area contributed by atoms with E-state index in [0.717, 1.165) is 37.1 Å². The van der Waals surface area contributed by atoms with E-state index in [9.17, 15) is 14.7 Å². The van der Waals surface area contributed by atoms with Gasteiger partial charge >= 0.3 is 11.8 Å². The van der Waals surface area contributed by atoms with Crippen LogP contribution in [0.4, 0.5) is 0 Å². The first-order chi connectivity index (χ1) is 14.6. The average molecular weight is 415 g/mol. The first-order valence-corrected chi connectivity index (χ1v) is 11.3. The first-order valence-electron chi connectivity index (χ1n) is 11.3. The average Bonchev–Trinajstić information content (AvgIpc) is 2.89. The Morgan fingerprint density at radius 1 is 1.20 bits per heavy atom. The quantitative estimate of drug-likeness (QED) is 0.613. The number of carbonyl (C=O) groups is 2. The van der Waals surface area contributed by atoms with E-state index in [1.807, 2.05) is 18.2 Å². The molecule has 1 aliphatic carbocycles. The Morgan fingerprint density at radius 2 is 2.03 bits per heavy atom. The first kappa shape index (κ1) is 20.8. The number of benzene rings is 1. The lowest BCUT2D eigenvalue weighted by molar-refractivity contribution is -0.394. The molecular formula is C23H32N3O4+. The van der Waals surface area contributed by atoms with Crippen LogP contribution in [-0.2, 0) is 11.3 Å². The van der Waals surface area contributed by atoms with Crippen molar-refractivity contribution >= 4 is 17.7 Å². The topological polar surface area (TPSA) is 92.8 Å². The van der Waals surface area contributed by atoms with Crippen molar-refractivity contribution in [2.75, 3.05) is 6.54 Å². The van der Waals surface area contributed by atoms with Gasteiger partial charge in [-0.25, -0.2) is 4.79 Å². The third-order valence-electron chi connectivity index (χ3n) is 6.41. The van der Waals surface area contributed by atoms with Crippen LogP contribution in [0.2, 0.25) is 0 Å². The second kappa shape index (κ2) is 9.16. The number of hydrogen-bond acceptors (Lipinski definition) is 4. The van der Waals surface area contributed by atoms with Crippen molar-refractivity contribution in [3.05, 3.63) is 29.3 Å². The van der Waals surface area contributed by atoms with Gasteiger partial charge in [0.25, 0.3) is 5.91 Å². The second-order valence-corrected chi connectivity index (χ2v) is 8.59. The van der Waals surface area contributed by atoms with Gasteiger partial charge in [0.1, 0.15) is 11.9 Å². The van der Waals surface area contributed by atoms with Gasteiger partial charge < -0.3 is 20.1 Å². The summed E-state index contributed by atoms with van der Waals surface area (Å²) >= 11 is 0. The predicted octanol–water partition coefficient (Wildman–Crippen LogP) is 1.45. The summed E-state index contributed by atoms with van der Waals surface area (Å²) in [5.74, 6) is 0.343. The molecule has 2 amide bonds. The minimum Gasteiger partial charge on any atom is -0.489 e. The normalized spacial score (nSPS) is 26.9. The monoisotopic (exact) mass is 414 g/mol. The molecule has 7 nitrogen and oxygen atoms in total. The molecule has 0 spiro atoms. The third-order valence-corrected chi connectivity index (χ3v) is 6.41. The predicted molar refractivity (Wildman–Crippen MR) is 113 cm³/mol. The standard InChI is InChI=1S/C23H31N3O4/c1-2-12-24-18-6-4-3-5-7-20(18)30-16-8-9-17-15(13-16)14-26(23(17)29)19-10-11-21(27)25-22(19)28/h8-9,13,18-20,24H,2-7,10-12,14H2,1H3,(H,25,27,28)/p+1/t18-,19?,20+/m1/s1. The molecule has 3 atom stereocenters. The van der Waals surface area contributed by atoms with E-state index in [2.05, 4.69) is 17.2 Å². The smallest absolute Gasteiger partial charge is 0.388 e. The Morgan fingerprint density at radius 3 is 2.83 bits per heavy atom. The van der Waals surface area contributed by atoms with Gasteiger partial charge in [-0.15, -0.1) is 4.99 Å². The molecule has 1 fully saturated rings. The molecule has 1 aromatic carbocycles. The van der Waals surface area contributed by atoms with Gasteiger partial charge in [0.05, 0.1) is 6.42 Å².